The fraction of sp³-hybridized carbons (Fsp3) is 0.455. The third-order valence-corrected chi connectivity index (χ3v) is 4.25. The quantitative estimate of drug-likeness (QED) is 0.685. The summed E-state index contributed by atoms with van der Waals surface area (Å²) in [6, 6.07) is 6.31. The summed E-state index contributed by atoms with van der Waals surface area (Å²) >= 11 is 2.04. The van der Waals surface area contributed by atoms with Crippen LogP contribution in [0.1, 0.15) is 17.9 Å². The molecule has 2 N–H and O–H groups in total. The van der Waals surface area contributed by atoms with Gasteiger partial charge in [0.15, 0.2) is 0 Å². The maximum absolute atomic E-state index is 9.38. The zero-order chi connectivity index (χ0) is 9.54. The molecule has 0 radical (unpaired) electrons. The van der Waals surface area contributed by atoms with E-state index >= 15 is 0 Å². The first kappa shape index (κ1) is 8.48. The minimum absolute atomic E-state index is 0.363. The molecule has 2 unspecified atom stereocenters. The van der Waals surface area contributed by atoms with Crippen LogP contribution in [-0.2, 0) is 0 Å². The number of fused-ring (bicyclic) bond motifs is 3. The fourth-order valence-electron chi connectivity index (χ4n) is 2.41. The summed E-state index contributed by atoms with van der Waals surface area (Å²) in [5.41, 5.74) is 2.53. The molecule has 2 aliphatic rings. The minimum Gasteiger partial charge on any atom is -0.508 e. The monoisotopic (exact) mass is 207 g/mol. The minimum atomic E-state index is 0.363. The summed E-state index contributed by atoms with van der Waals surface area (Å²) in [4.78, 5) is 0. The molecule has 0 spiro atoms. The average Bonchev–Trinajstić information content (AvgIpc) is 2.54. The Hall–Kier alpha value is -0.830. The first-order valence-corrected chi connectivity index (χ1v) is 6.17. The smallest absolute Gasteiger partial charge is 0.117 e. The summed E-state index contributed by atoms with van der Waals surface area (Å²) in [5, 5.41) is 12.9. The number of hydrogen-bond acceptors (Lipinski definition) is 3. The molecule has 2 nitrogen and oxygen atoms in total. The number of aromatic hydroxyl groups is 1. The Labute approximate surface area is 87.7 Å². The molecule has 0 bridgehead atoms. The lowest BCUT2D eigenvalue weighted by Crippen LogP contribution is -2.26. The SMILES string of the molecule is Oc1ccc2c(c1)NC1CCSCC21. The first-order chi connectivity index (χ1) is 6.84. The van der Waals surface area contributed by atoms with Gasteiger partial charge in [-0.3, -0.25) is 0 Å². The number of nitrogens with one attached hydrogen (secondary N) is 1. The van der Waals surface area contributed by atoms with E-state index in [1.54, 1.807) is 6.07 Å². The van der Waals surface area contributed by atoms with Crippen molar-refractivity contribution in [2.24, 2.45) is 0 Å². The van der Waals surface area contributed by atoms with Crippen molar-refractivity contribution in [2.75, 3.05) is 16.8 Å². The molecule has 3 rings (SSSR count). The Kier molecular flexibility index (Phi) is 1.87. The molecule has 1 aromatic rings. The maximum atomic E-state index is 9.38. The van der Waals surface area contributed by atoms with Crippen molar-refractivity contribution >= 4 is 17.4 Å². The number of thioether (sulfide) groups is 1. The topological polar surface area (TPSA) is 32.3 Å². The van der Waals surface area contributed by atoms with Crippen molar-refractivity contribution < 1.29 is 5.11 Å². The molecule has 2 aliphatic heterocycles. The third kappa shape index (κ3) is 1.19. The third-order valence-electron chi connectivity index (χ3n) is 3.13. The van der Waals surface area contributed by atoms with Gasteiger partial charge < -0.3 is 10.4 Å². The van der Waals surface area contributed by atoms with Crippen LogP contribution in [0.15, 0.2) is 18.2 Å². The molecule has 0 aromatic heterocycles. The van der Waals surface area contributed by atoms with E-state index < -0.39 is 0 Å². The molecule has 2 heterocycles. The van der Waals surface area contributed by atoms with E-state index in [4.69, 9.17) is 0 Å². The summed E-state index contributed by atoms with van der Waals surface area (Å²) in [6.07, 6.45) is 1.24. The first-order valence-electron chi connectivity index (χ1n) is 5.02. The highest BCUT2D eigenvalue weighted by molar-refractivity contribution is 7.99. The van der Waals surface area contributed by atoms with Gasteiger partial charge in [-0.05, 0) is 23.8 Å². The van der Waals surface area contributed by atoms with Gasteiger partial charge in [0, 0.05) is 29.5 Å². The Morgan fingerprint density at radius 3 is 3.29 bits per heavy atom. The van der Waals surface area contributed by atoms with Gasteiger partial charge in [0.2, 0.25) is 0 Å². The second-order valence-corrected chi connectivity index (χ2v) is 5.14. The van der Waals surface area contributed by atoms with Crippen LogP contribution in [-0.4, -0.2) is 22.7 Å². The van der Waals surface area contributed by atoms with E-state index in [-0.39, 0.29) is 0 Å². The van der Waals surface area contributed by atoms with Gasteiger partial charge >= 0.3 is 0 Å². The lowest BCUT2D eigenvalue weighted by Gasteiger charge is -2.24. The van der Waals surface area contributed by atoms with Gasteiger partial charge in [-0.2, -0.15) is 11.8 Å². The molecule has 2 atom stereocenters. The van der Waals surface area contributed by atoms with E-state index in [0.29, 0.717) is 17.7 Å². The van der Waals surface area contributed by atoms with Gasteiger partial charge in [-0.15, -0.1) is 0 Å². The summed E-state index contributed by atoms with van der Waals surface area (Å²) in [5.74, 6) is 3.50. The van der Waals surface area contributed by atoms with E-state index in [2.05, 4.69) is 11.4 Å². The van der Waals surface area contributed by atoms with Crippen molar-refractivity contribution in [1.82, 2.24) is 0 Å². The normalized spacial score (nSPS) is 29.1. The summed E-state index contributed by atoms with van der Waals surface area (Å²) < 4.78 is 0. The lowest BCUT2D eigenvalue weighted by atomic mass is 9.95. The van der Waals surface area contributed by atoms with E-state index in [0.717, 1.165) is 5.69 Å². The van der Waals surface area contributed by atoms with Crippen LogP contribution < -0.4 is 5.32 Å². The van der Waals surface area contributed by atoms with Gasteiger partial charge in [0.25, 0.3) is 0 Å². The Morgan fingerprint density at radius 2 is 2.36 bits per heavy atom. The predicted molar refractivity (Wildman–Crippen MR) is 60.2 cm³/mol. The molecular weight excluding hydrogens is 194 g/mol. The Bertz CT molecular complexity index is 366. The van der Waals surface area contributed by atoms with Crippen molar-refractivity contribution in [1.29, 1.82) is 0 Å². The van der Waals surface area contributed by atoms with E-state index in [1.807, 2.05) is 17.8 Å². The zero-order valence-corrected chi connectivity index (χ0v) is 8.68. The van der Waals surface area contributed by atoms with Crippen LogP contribution >= 0.6 is 11.8 Å². The number of phenolic OH excluding ortho intramolecular Hbond substituents is 1. The maximum Gasteiger partial charge on any atom is 0.117 e. The van der Waals surface area contributed by atoms with Crippen LogP contribution in [0.2, 0.25) is 0 Å². The van der Waals surface area contributed by atoms with Crippen molar-refractivity contribution in [3.8, 4) is 5.75 Å². The van der Waals surface area contributed by atoms with Crippen molar-refractivity contribution in [2.45, 2.75) is 18.4 Å². The number of benzene rings is 1. The van der Waals surface area contributed by atoms with Crippen LogP contribution in [0, 0.1) is 0 Å². The molecule has 0 saturated carbocycles. The summed E-state index contributed by atoms with van der Waals surface area (Å²) in [6.45, 7) is 0. The average molecular weight is 207 g/mol. The summed E-state index contributed by atoms with van der Waals surface area (Å²) in [7, 11) is 0. The second-order valence-electron chi connectivity index (χ2n) is 3.99. The zero-order valence-electron chi connectivity index (χ0n) is 7.86. The van der Waals surface area contributed by atoms with E-state index in [1.165, 1.54) is 23.5 Å². The fourth-order valence-corrected chi connectivity index (χ4v) is 3.66. The molecule has 74 valence electrons. The standard InChI is InChI=1S/C11H13NOS/c13-7-1-2-8-9-6-14-4-3-10(9)12-11(8)5-7/h1-2,5,9-10,12-13H,3-4,6H2. The number of hydrogen-bond donors (Lipinski definition) is 2. The second kappa shape index (κ2) is 3.09. The molecule has 1 fully saturated rings. The van der Waals surface area contributed by atoms with E-state index in [9.17, 15) is 5.11 Å². The van der Waals surface area contributed by atoms with Gasteiger partial charge in [-0.1, -0.05) is 6.07 Å². The lowest BCUT2D eigenvalue weighted by molar-refractivity contribution is 0.475. The van der Waals surface area contributed by atoms with Crippen LogP contribution in [0.25, 0.3) is 0 Å². The highest BCUT2D eigenvalue weighted by Gasteiger charge is 2.34. The molecule has 14 heavy (non-hydrogen) atoms. The van der Waals surface area contributed by atoms with Crippen molar-refractivity contribution in [3.05, 3.63) is 23.8 Å². The largest absolute Gasteiger partial charge is 0.508 e. The molecule has 0 amide bonds. The Balaban J connectivity index is 2.01. The molecule has 0 aliphatic carbocycles. The van der Waals surface area contributed by atoms with Crippen LogP contribution in [0.5, 0.6) is 5.75 Å². The number of anilines is 1. The highest BCUT2D eigenvalue weighted by atomic mass is 32.2. The molecule has 1 saturated heterocycles. The van der Waals surface area contributed by atoms with Crippen LogP contribution in [0.4, 0.5) is 5.69 Å². The van der Waals surface area contributed by atoms with Gasteiger partial charge in [0.05, 0.1) is 0 Å². The predicted octanol–water partition coefficient (Wildman–Crippen LogP) is 2.41. The molecule has 3 heteroatoms. The number of rotatable bonds is 0. The van der Waals surface area contributed by atoms with Gasteiger partial charge in [0.1, 0.15) is 5.75 Å². The molecule has 1 aromatic carbocycles. The molecular formula is C11H13NOS. The highest BCUT2D eigenvalue weighted by Crippen LogP contribution is 2.43. The van der Waals surface area contributed by atoms with Crippen molar-refractivity contribution in [3.63, 3.8) is 0 Å². The van der Waals surface area contributed by atoms with Gasteiger partial charge in [-0.25, -0.2) is 0 Å². The number of phenols is 1. The Morgan fingerprint density at radius 1 is 1.43 bits per heavy atom. The van der Waals surface area contributed by atoms with Crippen LogP contribution in [0.3, 0.4) is 0 Å².